The second kappa shape index (κ2) is 4.98. The standard InChI is InChI=1S/C10H10F3NO2/c11-7-3-1-2-5(8(7)9(12)13)6(4-14)10(15)16/h1-3,6,9H,4,14H2,(H,15,16). The first-order valence-electron chi connectivity index (χ1n) is 4.48. The second-order valence-corrected chi connectivity index (χ2v) is 3.17. The van der Waals surface area contributed by atoms with Gasteiger partial charge in [-0.2, -0.15) is 0 Å². The molecule has 0 aromatic heterocycles. The minimum atomic E-state index is -3.07. The van der Waals surface area contributed by atoms with Crippen molar-refractivity contribution in [2.45, 2.75) is 12.3 Å². The summed E-state index contributed by atoms with van der Waals surface area (Å²) >= 11 is 0. The number of carboxylic acid groups (broad SMARTS) is 1. The number of nitrogens with two attached hydrogens (primary N) is 1. The molecule has 16 heavy (non-hydrogen) atoms. The van der Waals surface area contributed by atoms with E-state index in [1.54, 1.807) is 0 Å². The van der Waals surface area contributed by atoms with Crippen LogP contribution in [0.5, 0.6) is 0 Å². The number of hydrogen-bond donors (Lipinski definition) is 2. The molecule has 0 aliphatic heterocycles. The molecule has 6 heteroatoms. The van der Waals surface area contributed by atoms with Crippen molar-refractivity contribution in [1.29, 1.82) is 0 Å². The molecule has 0 fully saturated rings. The second-order valence-electron chi connectivity index (χ2n) is 3.17. The van der Waals surface area contributed by atoms with Crippen LogP contribution in [0.1, 0.15) is 23.5 Å². The first kappa shape index (κ1) is 12.5. The highest BCUT2D eigenvalue weighted by Crippen LogP contribution is 2.30. The summed E-state index contributed by atoms with van der Waals surface area (Å²) in [6.45, 7) is -0.363. The van der Waals surface area contributed by atoms with Gasteiger partial charge in [-0.3, -0.25) is 4.79 Å². The Morgan fingerprint density at radius 3 is 2.50 bits per heavy atom. The van der Waals surface area contributed by atoms with Gasteiger partial charge in [0.25, 0.3) is 6.43 Å². The van der Waals surface area contributed by atoms with Crippen LogP contribution in [0.3, 0.4) is 0 Å². The van der Waals surface area contributed by atoms with E-state index in [1.807, 2.05) is 0 Å². The van der Waals surface area contributed by atoms with Crippen LogP contribution in [-0.4, -0.2) is 17.6 Å². The molecule has 0 radical (unpaired) electrons. The van der Waals surface area contributed by atoms with Gasteiger partial charge in [-0.1, -0.05) is 12.1 Å². The molecule has 0 heterocycles. The van der Waals surface area contributed by atoms with Gasteiger partial charge in [0.2, 0.25) is 0 Å². The SMILES string of the molecule is NCC(C(=O)O)c1cccc(F)c1C(F)F. The van der Waals surface area contributed by atoms with Crippen LogP contribution in [-0.2, 0) is 4.79 Å². The highest BCUT2D eigenvalue weighted by Gasteiger charge is 2.26. The van der Waals surface area contributed by atoms with E-state index in [0.29, 0.717) is 0 Å². The highest BCUT2D eigenvalue weighted by atomic mass is 19.3. The van der Waals surface area contributed by atoms with Crippen molar-refractivity contribution in [3.8, 4) is 0 Å². The van der Waals surface area contributed by atoms with E-state index in [4.69, 9.17) is 10.8 Å². The molecule has 0 spiro atoms. The molecule has 88 valence electrons. The average molecular weight is 233 g/mol. The van der Waals surface area contributed by atoms with E-state index in [1.165, 1.54) is 6.07 Å². The summed E-state index contributed by atoms with van der Waals surface area (Å²) in [5.74, 6) is -3.79. The van der Waals surface area contributed by atoms with Crippen LogP contribution in [0.4, 0.5) is 13.2 Å². The fraction of sp³-hybridized carbons (Fsp3) is 0.300. The monoisotopic (exact) mass is 233 g/mol. The summed E-state index contributed by atoms with van der Waals surface area (Å²) in [7, 11) is 0. The van der Waals surface area contributed by atoms with Gasteiger partial charge in [0.15, 0.2) is 0 Å². The molecule has 0 saturated carbocycles. The summed E-state index contributed by atoms with van der Waals surface area (Å²) in [5, 5.41) is 8.78. The molecule has 1 rings (SSSR count). The number of halogens is 3. The van der Waals surface area contributed by atoms with Gasteiger partial charge in [-0.05, 0) is 11.6 Å². The third-order valence-corrected chi connectivity index (χ3v) is 2.21. The van der Waals surface area contributed by atoms with E-state index in [2.05, 4.69) is 0 Å². The Bertz CT molecular complexity index is 396. The van der Waals surface area contributed by atoms with Crippen LogP contribution in [0.2, 0.25) is 0 Å². The first-order valence-corrected chi connectivity index (χ1v) is 4.48. The third kappa shape index (κ3) is 2.33. The Morgan fingerprint density at radius 1 is 1.44 bits per heavy atom. The van der Waals surface area contributed by atoms with Gasteiger partial charge in [0, 0.05) is 6.54 Å². The van der Waals surface area contributed by atoms with Gasteiger partial charge in [-0.25, -0.2) is 13.2 Å². The fourth-order valence-electron chi connectivity index (χ4n) is 1.45. The molecule has 1 aromatic carbocycles. The molecule has 3 N–H and O–H groups in total. The van der Waals surface area contributed by atoms with Crippen LogP contribution >= 0.6 is 0 Å². The van der Waals surface area contributed by atoms with Crippen molar-refractivity contribution in [2.24, 2.45) is 5.73 Å². The van der Waals surface area contributed by atoms with Crippen molar-refractivity contribution < 1.29 is 23.1 Å². The minimum Gasteiger partial charge on any atom is -0.481 e. The zero-order valence-electron chi connectivity index (χ0n) is 8.16. The number of benzene rings is 1. The molecule has 1 unspecified atom stereocenters. The normalized spacial score (nSPS) is 12.8. The van der Waals surface area contributed by atoms with Crippen LogP contribution in [0, 0.1) is 5.82 Å². The molecular weight excluding hydrogens is 223 g/mol. The summed E-state index contributed by atoms with van der Waals surface area (Å²) < 4.78 is 38.3. The maximum atomic E-state index is 13.1. The number of carbonyl (C=O) groups is 1. The predicted octanol–water partition coefficient (Wildman–Crippen LogP) is 1.89. The lowest BCUT2D eigenvalue weighted by Crippen LogP contribution is -2.23. The maximum Gasteiger partial charge on any atom is 0.312 e. The third-order valence-electron chi connectivity index (χ3n) is 2.21. The zero-order chi connectivity index (χ0) is 12.3. The largest absolute Gasteiger partial charge is 0.481 e. The Kier molecular flexibility index (Phi) is 3.89. The summed E-state index contributed by atoms with van der Waals surface area (Å²) in [4.78, 5) is 10.8. The van der Waals surface area contributed by atoms with E-state index in [0.717, 1.165) is 12.1 Å². The molecule has 1 aromatic rings. The number of carboxylic acids is 1. The van der Waals surface area contributed by atoms with Gasteiger partial charge in [0.1, 0.15) is 5.82 Å². The average Bonchev–Trinajstić information content (AvgIpc) is 2.17. The van der Waals surface area contributed by atoms with E-state index >= 15 is 0 Å². The van der Waals surface area contributed by atoms with Crippen LogP contribution in [0.25, 0.3) is 0 Å². The number of rotatable bonds is 4. The van der Waals surface area contributed by atoms with Crippen LogP contribution in [0.15, 0.2) is 18.2 Å². The lowest BCUT2D eigenvalue weighted by Gasteiger charge is -2.15. The van der Waals surface area contributed by atoms with Crippen molar-refractivity contribution in [3.63, 3.8) is 0 Å². The zero-order valence-corrected chi connectivity index (χ0v) is 8.16. The smallest absolute Gasteiger partial charge is 0.312 e. The topological polar surface area (TPSA) is 63.3 Å². The molecule has 1 atom stereocenters. The van der Waals surface area contributed by atoms with E-state index in [9.17, 15) is 18.0 Å². The number of hydrogen-bond acceptors (Lipinski definition) is 2. The van der Waals surface area contributed by atoms with Gasteiger partial charge in [-0.15, -0.1) is 0 Å². The van der Waals surface area contributed by atoms with Gasteiger partial charge in [0.05, 0.1) is 11.5 Å². The Hall–Kier alpha value is -1.56. The van der Waals surface area contributed by atoms with Gasteiger partial charge >= 0.3 is 5.97 Å². The molecular formula is C10H10F3NO2. The summed E-state index contributed by atoms with van der Waals surface area (Å²) in [5.41, 5.74) is 4.01. The molecule has 0 bridgehead atoms. The van der Waals surface area contributed by atoms with E-state index < -0.39 is 29.7 Å². The highest BCUT2D eigenvalue weighted by molar-refractivity contribution is 5.77. The lowest BCUT2D eigenvalue weighted by atomic mass is 9.94. The first-order chi connectivity index (χ1) is 7.49. The van der Waals surface area contributed by atoms with Crippen molar-refractivity contribution in [1.82, 2.24) is 0 Å². The van der Waals surface area contributed by atoms with Crippen molar-refractivity contribution >= 4 is 5.97 Å². The van der Waals surface area contributed by atoms with Crippen molar-refractivity contribution in [2.75, 3.05) is 6.54 Å². The van der Waals surface area contributed by atoms with Crippen molar-refractivity contribution in [3.05, 3.63) is 35.1 Å². The Balaban J connectivity index is 3.31. The fourth-order valence-corrected chi connectivity index (χ4v) is 1.45. The Morgan fingerprint density at radius 2 is 2.06 bits per heavy atom. The van der Waals surface area contributed by atoms with Crippen LogP contribution < -0.4 is 5.73 Å². The summed E-state index contributed by atoms with van der Waals surface area (Å²) in [6, 6.07) is 3.19. The number of aliphatic carboxylic acids is 1. The predicted molar refractivity (Wildman–Crippen MR) is 50.8 cm³/mol. The van der Waals surface area contributed by atoms with E-state index in [-0.39, 0.29) is 12.1 Å². The number of alkyl halides is 2. The van der Waals surface area contributed by atoms with Gasteiger partial charge < -0.3 is 10.8 Å². The molecule has 0 aliphatic carbocycles. The molecule has 0 amide bonds. The molecule has 0 saturated heterocycles. The molecule has 3 nitrogen and oxygen atoms in total. The molecule has 0 aliphatic rings. The summed E-state index contributed by atoms with van der Waals surface area (Å²) in [6.07, 6.45) is -3.07. The Labute approximate surface area is 89.7 Å². The maximum absolute atomic E-state index is 13.1. The minimum absolute atomic E-state index is 0.273. The quantitative estimate of drug-likeness (QED) is 0.834. The lowest BCUT2D eigenvalue weighted by molar-refractivity contribution is -0.138.